The summed E-state index contributed by atoms with van der Waals surface area (Å²) in [4.78, 5) is 9.76. The Hall–Kier alpha value is -1.29. The van der Waals surface area contributed by atoms with Crippen molar-refractivity contribution >= 4 is 11.6 Å². The average Bonchev–Trinajstić information content (AvgIpc) is 3.30. The van der Waals surface area contributed by atoms with Crippen molar-refractivity contribution in [3.05, 3.63) is 18.2 Å². The Kier molecular flexibility index (Phi) is 3.87. The first-order valence-electron chi connectivity index (χ1n) is 7.57. The van der Waals surface area contributed by atoms with Gasteiger partial charge in [0, 0.05) is 38.8 Å². The Labute approximate surface area is 115 Å². The van der Waals surface area contributed by atoms with Crippen molar-refractivity contribution in [3.63, 3.8) is 0 Å². The number of rotatable bonds is 5. The normalized spacial score (nSPS) is 20.6. The molecule has 104 valence electrons. The second-order valence-corrected chi connectivity index (χ2v) is 5.56. The molecular weight excluding hydrogens is 236 g/mol. The van der Waals surface area contributed by atoms with Crippen LogP contribution in [0.1, 0.15) is 26.2 Å². The summed E-state index contributed by atoms with van der Waals surface area (Å²) in [6, 6.07) is 7.18. The van der Waals surface area contributed by atoms with Crippen molar-refractivity contribution in [2.45, 2.75) is 32.2 Å². The second-order valence-electron chi connectivity index (χ2n) is 5.56. The monoisotopic (exact) mass is 260 g/mol. The van der Waals surface area contributed by atoms with Gasteiger partial charge in [0.15, 0.2) is 0 Å². The Morgan fingerprint density at radius 2 is 2.00 bits per heavy atom. The van der Waals surface area contributed by atoms with Crippen LogP contribution in [0.4, 0.5) is 11.6 Å². The first kappa shape index (κ1) is 12.7. The third-order valence-electron chi connectivity index (χ3n) is 3.99. The fourth-order valence-electron chi connectivity index (χ4n) is 2.71. The molecule has 1 aromatic rings. The van der Waals surface area contributed by atoms with E-state index in [-0.39, 0.29) is 0 Å². The van der Waals surface area contributed by atoms with Gasteiger partial charge in [-0.3, -0.25) is 4.90 Å². The molecule has 0 radical (unpaired) electrons. The minimum Gasteiger partial charge on any atom is -0.370 e. The number of aromatic nitrogens is 1. The van der Waals surface area contributed by atoms with Gasteiger partial charge in [-0.15, -0.1) is 0 Å². The van der Waals surface area contributed by atoms with Crippen LogP contribution in [-0.2, 0) is 0 Å². The summed E-state index contributed by atoms with van der Waals surface area (Å²) < 4.78 is 0. The van der Waals surface area contributed by atoms with Gasteiger partial charge in [0.1, 0.15) is 11.6 Å². The van der Waals surface area contributed by atoms with E-state index in [0.29, 0.717) is 0 Å². The minimum atomic E-state index is 0.896. The maximum atomic E-state index is 4.72. The van der Waals surface area contributed by atoms with Gasteiger partial charge in [-0.1, -0.05) is 13.0 Å². The van der Waals surface area contributed by atoms with Crippen LogP contribution >= 0.6 is 0 Å². The van der Waals surface area contributed by atoms with Crippen molar-refractivity contribution < 1.29 is 0 Å². The zero-order valence-corrected chi connectivity index (χ0v) is 11.8. The molecule has 0 atom stereocenters. The van der Waals surface area contributed by atoms with Crippen molar-refractivity contribution in [3.8, 4) is 0 Å². The predicted molar refractivity (Wildman–Crippen MR) is 79.8 cm³/mol. The first-order valence-corrected chi connectivity index (χ1v) is 7.57. The molecule has 2 fully saturated rings. The van der Waals surface area contributed by atoms with Gasteiger partial charge < -0.3 is 10.2 Å². The van der Waals surface area contributed by atoms with Gasteiger partial charge in [0.2, 0.25) is 0 Å². The van der Waals surface area contributed by atoms with Gasteiger partial charge in [-0.2, -0.15) is 0 Å². The van der Waals surface area contributed by atoms with Crippen LogP contribution in [-0.4, -0.2) is 48.6 Å². The van der Waals surface area contributed by atoms with Crippen LogP contribution in [0.15, 0.2) is 18.2 Å². The highest BCUT2D eigenvalue weighted by Crippen LogP contribution is 2.28. The lowest BCUT2D eigenvalue weighted by atomic mass is 10.3. The summed E-state index contributed by atoms with van der Waals surface area (Å²) in [7, 11) is 0. The molecule has 4 nitrogen and oxygen atoms in total. The highest BCUT2D eigenvalue weighted by molar-refractivity contribution is 5.47. The van der Waals surface area contributed by atoms with E-state index in [9.17, 15) is 0 Å². The van der Waals surface area contributed by atoms with Crippen LogP contribution in [0.3, 0.4) is 0 Å². The summed E-state index contributed by atoms with van der Waals surface area (Å²) >= 11 is 0. The van der Waals surface area contributed by atoms with E-state index in [1.807, 2.05) is 0 Å². The summed E-state index contributed by atoms with van der Waals surface area (Å²) in [5, 5.41) is 3.36. The number of nitrogens with one attached hydrogen (secondary N) is 1. The van der Waals surface area contributed by atoms with E-state index < -0.39 is 0 Å². The Morgan fingerprint density at radius 1 is 1.21 bits per heavy atom. The van der Waals surface area contributed by atoms with Crippen LogP contribution in [0, 0.1) is 0 Å². The molecule has 0 unspecified atom stereocenters. The van der Waals surface area contributed by atoms with Crippen LogP contribution < -0.4 is 10.2 Å². The third-order valence-corrected chi connectivity index (χ3v) is 3.99. The van der Waals surface area contributed by atoms with E-state index in [0.717, 1.165) is 43.7 Å². The number of anilines is 2. The quantitative estimate of drug-likeness (QED) is 0.879. The Bertz CT molecular complexity index is 408. The van der Waals surface area contributed by atoms with Gasteiger partial charge in [-0.05, 0) is 31.4 Å². The smallest absolute Gasteiger partial charge is 0.131 e. The molecule has 2 aliphatic rings. The maximum Gasteiger partial charge on any atom is 0.131 e. The summed E-state index contributed by atoms with van der Waals surface area (Å²) in [6.45, 7) is 7.78. The highest BCUT2D eigenvalue weighted by atomic mass is 15.3. The standard InChI is InChI=1S/C15H24N4/c1-2-8-16-14-4-3-5-15(17-14)19-11-9-18(10-12-19)13-6-7-13/h3-5,13H,2,6-12H2,1H3,(H,16,17). The molecule has 1 aromatic heterocycles. The fraction of sp³-hybridized carbons (Fsp3) is 0.667. The van der Waals surface area contributed by atoms with Crippen LogP contribution in [0.25, 0.3) is 0 Å². The molecule has 1 aliphatic carbocycles. The molecule has 1 saturated heterocycles. The van der Waals surface area contributed by atoms with E-state index in [1.54, 1.807) is 0 Å². The number of piperazine rings is 1. The SMILES string of the molecule is CCCNc1cccc(N2CCN(C3CC3)CC2)n1. The lowest BCUT2D eigenvalue weighted by Gasteiger charge is -2.35. The number of pyridine rings is 1. The van der Waals surface area contributed by atoms with E-state index in [1.165, 1.54) is 25.9 Å². The number of hydrogen-bond acceptors (Lipinski definition) is 4. The summed E-state index contributed by atoms with van der Waals surface area (Å²) in [6.07, 6.45) is 3.95. The molecule has 1 N–H and O–H groups in total. The van der Waals surface area contributed by atoms with Crippen molar-refractivity contribution in [2.75, 3.05) is 42.9 Å². The Morgan fingerprint density at radius 3 is 2.68 bits per heavy atom. The molecule has 1 aliphatic heterocycles. The van der Waals surface area contributed by atoms with Crippen molar-refractivity contribution in [1.82, 2.24) is 9.88 Å². The minimum absolute atomic E-state index is 0.896. The van der Waals surface area contributed by atoms with Crippen molar-refractivity contribution in [1.29, 1.82) is 0 Å². The zero-order valence-electron chi connectivity index (χ0n) is 11.8. The van der Waals surface area contributed by atoms with E-state index in [2.05, 4.69) is 40.2 Å². The topological polar surface area (TPSA) is 31.4 Å². The largest absolute Gasteiger partial charge is 0.370 e. The molecule has 4 heteroatoms. The lowest BCUT2D eigenvalue weighted by molar-refractivity contribution is 0.247. The molecule has 0 spiro atoms. The van der Waals surface area contributed by atoms with Gasteiger partial charge >= 0.3 is 0 Å². The third kappa shape index (κ3) is 3.18. The Balaban J connectivity index is 1.59. The maximum absolute atomic E-state index is 4.72. The van der Waals surface area contributed by atoms with E-state index >= 15 is 0 Å². The van der Waals surface area contributed by atoms with Crippen molar-refractivity contribution in [2.24, 2.45) is 0 Å². The first-order chi connectivity index (χ1) is 9.36. The van der Waals surface area contributed by atoms with Gasteiger partial charge in [0.05, 0.1) is 0 Å². The molecule has 0 bridgehead atoms. The molecular formula is C15H24N4. The lowest BCUT2D eigenvalue weighted by Crippen LogP contribution is -2.47. The number of nitrogens with zero attached hydrogens (tertiary/aromatic N) is 3. The van der Waals surface area contributed by atoms with Crippen LogP contribution in [0.5, 0.6) is 0 Å². The van der Waals surface area contributed by atoms with Gasteiger partial charge in [0.25, 0.3) is 0 Å². The predicted octanol–water partition coefficient (Wildman–Crippen LogP) is 2.19. The molecule has 2 heterocycles. The van der Waals surface area contributed by atoms with Crippen LogP contribution in [0.2, 0.25) is 0 Å². The molecule has 0 aromatic carbocycles. The van der Waals surface area contributed by atoms with Gasteiger partial charge in [-0.25, -0.2) is 4.98 Å². The van der Waals surface area contributed by atoms with E-state index in [4.69, 9.17) is 4.98 Å². The molecule has 3 rings (SSSR count). The highest BCUT2D eigenvalue weighted by Gasteiger charge is 2.31. The molecule has 19 heavy (non-hydrogen) atoms. The fourth-order valence-corrected chi connectivity index (χ4v) is 2.71. The molecule has 1 saturated carbocycles. The summed E-state index contributed by atoms with van der Waals surface area (Å²) in [5.74, 6) is 2.13. The summed E-state index contributed by atoms with van der Waals surface area (Å²) in [5.41, 5.74) is 0. The number of hydrogen-bond donors (Lipinski definition) is 1. The molecule has 0 amide bonds. The average molecular weight is 260 g/mol. The zero-order chi connectivity index (χ0) is 13.1. The second kappa shape index (κ2) is 5.78.